The second kappa shape index (κ2) is 5.20. The summed E-state index contributed by atoms with van der Waals surface area (Å²) in [6.07, 6.45) is 5.34. The van der Waals surface area contributed by atoms with Gasteiger partial charge in [-0.05, 0) is 19.3 Å². The summed E-state index contributed by atoms with van der Waals surface area (Å²) in [7, 11) is 0. The molecule has 1 saturated carbocycles. The van der Waals surface area contributed by atoms with Crippen molar-refractivity contribution in [1.29, 1.82) is 0 Å². The van der Waals surface area contributed by atoms with Gasteiger partial charge in [0.2, 0.25) is 0 Å². The second-order valence-electron chi connectivity index (χ2n) is 4.07. The van der Waals surface area contributed by atoms with E-state index in [0.717, 1.165) is 25.8 Å². The molecule has 0 radical (unpaired) electrons. The van der Waals surface area contributed by atoms with Crippen molar-refractivity contribution < 1.29 is 4.79 Å². The van der Waals surface area contributed by atoms with Crippen LogP contribution < -0.4 is 16.4 Å². The number of hydrogen-bond donors (Lipinski definition) is 3. The molecule has 1 aliphatic carbocycles. The summed E-state index contributed by atoms with van der Waals surface area (Å²) in [4.78, 5) is 11.4. The SMILES string of the molecule is CCCNC(=O)NC1(CN)CCCC1. The van der Waals surface area contributed by atoms with E-state index in [2.05, 4.69) is 10.6 Å². The van der Waals surface area contributed by atoms with E-state index in [4.69, 9.17) is 5.73 Å². The lowest BCUT2D eigenvalue weighted by Gasteiger charge is -2.28. The minimum absolute atomic E-state index is 0.0702. The molecule has 0 bridgehead atoms. The number of carbonyl (C=O) groups is 1. The van der Waals surface area contributed by atoms with Gasteiger partial charge in [-0.3, -0.25) is 0 Å². The lowest BCUT2D eigenvalue weighted by Crippen LogP contribution is -2.54. The van der Waals surface area contributed by atoms with E-state index in [1.807, 2.05) is 6.92 Å². The first-order valence-electron chi connectivity index (χ1n) is 5.48. The van der Waals surface area contributed by atoms with Crippen LogP contribution in [0.15, 0.2) is 0 Å². The van der Waals surface area contributed by atoms with Crippen LogP contribution in [0.2, 0.25) is 0 Å². The van der Waals surface area contributed by atoms with Crippen molar-refractivity contribution in [2.24, 2.45) is 5.73 Å². The minimum Gasteiger partial charge on any atom is -0.338 e. The van der Waals surface area contributed by atoms with Crippen LogP contribution in [0.3, 0.4) is 0 Å². The predicted molar refractivity (Wildman–Crippen MR) is 57.1 cm³/mol. The molecule has 4 nitrogen and oxygen atoms in total. The molecule has 0 aliphatic heterocycles. The predicted octanol–water partition coefficient (Wildman–Crippen LogP) is 0.967. The molecule has 0 atom stereocenters. The van der Waals surface area contributed by atoms with Gasteiger partial charge >= 0.3 is 6.03 Å². The molecule has 1 rings (SSSR count). The maximum atomic E-state index is 11.4. The molecule has 0 spiro atoms. The summed E-state index contributed by atoms with van der Waals surface area (Å²) in [6.45, 7) is 3.31. The van der Waals surface area contributed by atoms with Gasteiger partial charge in [0.25, 0.3) is 0 Å². The standard InChI is InChI=1S/C10H21N3O/c1-2-7-12-9(14)13-10(8-11)5-3-4-6-10/h2-8,11H2,1H3,(H2,12,13,14). The summed E-state index contributed by atoms with van der Waals surface area (Å²) >= 11 is 0. The fourth-order valence-electron chi connectivity index (χ4n) is 1.96. The molecule has 82 valence electrons. The van der Waals surface area contributed by atoms with Gasteiger partial charge in [-0.25, -0.2) is 4.79 Å². The average Bonchev–Trinajstić information content (AvgIpc) is 2.64. The van der Waals surface area contributed by atoms with Crippen LogP contribution in [0, 0.1) is 0 Å². The van der Waals surface area contributed by atoms with Crippen molar-refractivity contribution >= 4 is 6.03 Å². The molecular weight excluding hydrogens is 178 g/mol. The second-order valence-corrected chi connectivity index (χ2v) is 4.07. The first-order chi connectivity index (χ1) is 6.72. The van der Waals surface area contributed by atoms with Gasteiger partial charge in [0.15, 0.2) is 0 Å². The van der Waals surface area contributed by atoms with E-state index in [1.165, 1.54) is 12.8 Å². The highest BCUT2D eigenvalue weighted by molar-refractivity contribution is 5.74. The van der Waals surface area contributed by atoms with Crippen LogP contribution in [0.4, 0.5) is 4.79 Å². The number of carbonyl (C=O) groups excluding carboxylic acids is 1. The van der Waals surface area contributed by atoms with Crippen LogP contribution >= 0.6 is 0 Å². The summed E-state index contributed by atoms with van der Waals surface area (Å²) in [5.41, 5.74) is 5.58. The molecule has 0 saturated heterocycles. The number of nitrogens with one attached hydrogen (secondary N) is 2. The third-order valence-electron chi connectivity index (χ3n) is 2.87. The molecule has 0 heterocycles. The van der Waals surface area contributed by atoms with Crippen molar-refractivity contribution in [3.05, 3.63) is 0 Å². The molecule has 1 fully saturated rings. The third-order valence-corrected chi connectivity index (χ3v) is 2.87. The molecular formula is C10H21N3O. The third kappa shape index (κ3) is 2.87. The van der Waals surface area contributed by atoms with Crippen LogP contribution in [0.1, 0.15) is 39.0 Å². The van der Waals surface area contributed by atoms with Gasteiger partial charge < -0.3 is 16.4 Å². The smallest absolute Gasteiger partial charge is 0.315 e. The summed E-state index contributed by atoms with van der Waals surface area (Å²) in [6, 6.07) is -0.0702. The molecule has 1 aliphatic rings. The largest absolute Gasteiger partial charge is 0.338 e. The van der Waals surface area contributed by atoms with Gasteiger partial charge in [0.1, 0.15) is 0 Å². The lowest BCUT2D eigenvalue weighted by molar-refractivity contribution is 0.225. The highest BCUT2D eigenvalue weighted by Crippen LogP contribution is 2.28. The maximum absolute atomic E-state index is 11.4. The maximum Gasteiger partial charge on any atom is 0.315 e. The Morgan fingerprint density at radius 1 is 1.43 bits per heavy atom. The Balaban J connectivity index is 2.36. The zero-order valence-electron chi connectivity index (χ0n) is 8.94. The van der Waals surface area contributed by atoms with Crippen LogP contribution in [0.5, 0.6) is 0 Å². The summed E-state index contributed by atoms with van der Waals surface area (Å²) in [5.74, 6) is 0. The topological polar surface area (TPSA) is 67.2 Å². The van der Waals surface area contributed by atoms with Crippen molar-refractivity contribution in [2.75, 3.05) is 13.1 Å². The van der Waals surface area contributed by atoms with Crippen LogP contribution in [-0.2, 0) is 0 Å². The molecule has 0 aromatic carbocycles. The molecule has 2 amide bonds. The number of nitrogens with two attached hydrogens (primary N) is 1. The zero-order chi connectivity index (χ0) is 10.4. The van der Waals surface area contributed by atoms with E-state index in [1.54, 1.807) is 0 Å². The molecule has 0 aromatic heterocycles. The summed E-state index contributed by atoms with van der Waals surface area (Å²) in [5, 5.41) is 5.81. The van der Waals surface area contributed by atoms with Gasteiger partial charge in [0.05, 0.1) is 5.54 Å². The number of hydrogen-bond acceptors (Lipinski definition) is 2. The van der Waals surface area contributed by atoms with Crippen molar-refractivity contribution in [3.63, 3.8) is 0 Å². The Labute approximate surface area is 85.6 Å². The Morgan fingerprint density at radius 3 is 2.57 bits per heavy atom. The van der Waals surface area contributed by atoms with E-state index in [9.17, 15) is 4.79 Å². The molecule has 0 aromatic rings. The van der Waals surface area contributed by atoms with Gasteiger partial charge in [-0.15, -0.1) is 0 Å². The van der Waals surface area contributed by atoms with Crippen LogP contribution in [0.25, 0.3) is 0 Å². The lowest BCUT2D eigenvalue weighted by atomic mass is 9.98. The Morgan fingerprint density at radius 2 is 2.07 bits per heavy atom. The van der Waals surface area contributed by atoms with Crippen molar-refractivity contribution in [1.82, 2.24) is 10.6 Å². The molecule has 4 heteroatoms. The van der Waals surface area contributed by atoms with Gasteiger partial charge in [-0.1, -0.05) is 19.8 Å². The van der Waals surface area contributed by atoms with E-state index < -0.39 is 0 Å². The fourth-order valence-corrected chi connectivity index (χ4v) is 1.96. The average molecular weight is 199 g/mol. The first-order valence-corrected chi connectivity index (χ1v) is 5.48. The van der Waals surface area contributed by atoms with Crippen LogP contribution in [-0.4, -0.2) is 24.7 Å². The zero-order valence-corrected chi connectivity index (χ0v) is 8.94. The Kier molecular flexibility index (Phi) is 4.20. The quantitative estimate of drug-likeness (QED) is 0.631. The Hall–Kier alpha value is -0.770. The van der Waals surface area contributed by atoms with Crippen molar-refractivity contribution in [2.45, 2.75) is 44.6 Å². The highest BCUT2D eigenvalue weighted by atomic mass is 16.2. The van der Waals surface area contributed by atoms with E-state index in [-0.39, 0.29) is 11.6 Å². The minimum atomic E-state index is -0.127. The first kappa shape index (κ1) is 11.3. The number of rotatable bonds is 4. The summed E-state index contributed by atoms with van der Waals surface area (Å²) < 4.78 is 0. The molecule has 14 heavy (non-hydrogen) atoms. The molecule has 0 unspecified atom stereocenters. The number of urea groups is 1. The number of amides is 2. The van der Waals surface area contributed by atoms with E-state index in [0.29, 0.717) is 6.54 Å². The monoisotopic (exact) mass is 199 g/mol. The van der Waals surface area contributed by atoms with E-state index >= 15 is 0 Å². The van der Waals surface area contributed by atoms with Gasteiger partial charge in [0, 0.05) is 13.1 Å². The highest BCUT2D eigenvalue weighted by Gasteiger charge is 2.33. The Bertz CT molecular complexity index is 188. The van der Waals surface area contributed by atoms with Gasteiger partial charge in [-0.2, -0.15) is 0 Å². The van der Waals surface area contributed by atoms with Crippen molar-refractivity contribution in [3.8, 4) is 0 Å². The fraction of sp³-hybridized carbons (Fsp3) is 0.900. The molecule has 4 N–H and O–H groups in total. The normalized spacial score (nSPS) is 19.3.